The standard InChI is InChI=1S/C10H15ClN2O2/c1-15-6-8(5-14)13-10-4-7(11)2-3-9(10)12/h2-4,8,13-14H,5-6,12H2,1H3. The number of halogens is 1. The lowest BCUT2D eigenvalue weighted by Crippen LogP contribution is -2.29. The van der Waals surface area contributed by atoms with E-state index in [1.54, 1.807) is 25.3 Å². The fraction of sp³-hybridized carbons (Fsp3) is 0.400. The first-order valence-electron chi connectivity index (χ1n) is 4.58. The fourth-order valence-corrected chi connectivity index (χ4v) is 1.39. The van der Waals surface area contributed by atoms with Crippen molar-refractivity contribution >= 4 is 23.0 Å². The first kappa shape index (κ1) is 12.1. The number of nitrogen functional groups attached to an aromatic ring is 1. The predicted molar refractivity (Wildman–Crippen MR) is 62.2 cm³/mol. The average molecular weight is 231 g/mol. The van der Waals surface area contributed by atoms with E-state index in [1.807, 2.05) is 0 Å². The lowest BCUT2D eigenvalue weighted by molar-refractivity contribution is 0.153. The third kappa shape index (κ3) is 3.58. The van der Waals surface area contributed by atoms with Crippen molar-refractivity contribution in [2.45, 2.75) is 6.04 Å². The number of nitrogens with two attached hydrogens (primary N) is 1. The number of anilines is 2. The van der Waals surface area contributed by atoms with Crippen LogP contribution in [0.3, 0.4) is 0 Å². The number of benzene rings is 1. The van der Waals surface area contributed by atoms with Crippen molar-refractivity contribution in [2.75, 3.05) is 31.4 Å². The quantitative estimate of drug-likeness (QED) is 0.668. The molecule has 0 saturated carbocycles. The van der Waals surface area contributed by atoms with Crippen molar-refractivity contribution in [1.29, 1.82) is 0 Å². The van der Waals surface area contributed by atoms with Crippen LogP contribution in [0.5, 0.6) is 0 Å². The number of ether oxygens (including phenoxy) is 1. The molecule has 1 unspecified atom stereocenters. The molecule has 0 aromatic heterocycles. The molecule has 4 N–H and O–H groups in total. The third-order valence-corrected chi connectivity index (χ3v) is 2.20. The summed E-state index contributed by atoms with van der Waals surface area (Å²) in [7, 11) is 1.58. The summed E-state index contributed by atoms with van der Waals surface area (Å²) in [6, 6.07) is 4.96. The molecule has 0 heterocycles. The second kappa shape index (κ2) is 5.80. The van der Waals surface area contributed by atoms with Gasteiger partial charge in [0.2, 0.25) is 0 Å². The number of hydrogen-bond acceptors (Lipinski definition) is 4. The highest BCUT2D eigenvalue weighted by molar-refractivity contribution is 6.31. The molecule has 15 heavy (non-hydrogen) atoms. The van der Waals surface area contributed by atoms with Gasteiger partial charge in [0, 0.05) is 12.1 Å². The van der Waals surface area contributed by atoms with Gasteiger partial charge in [0.25, 0.3) is 0 Å². The van der Waals surface area contributed by atoms with E-state index < -0.39 is 0 Å². The number of methoxy groups -OCH3 is 1. The molecule has 0 spiro atoms. The monoisotopic (exact) mass is 230 g/mol. The molecule has 0 aliphatic heterocycles. The Hall–Kier alpha value is -0.970. The summed E-state index contributed by atoms with van der Waals surface area (Å²) in [5, 5.41) is 12.7. The van der Waals surface area contributed by atoms with Crippen LogP contribution < -0.4 is 11.1 Å². The Morgan fingerprint density at radius 3 is 2.93 bits per heavy atom. The first-order chi connectivity index (χ1) is 7.17. The van der Waals surface area contributed by atoms with Crippen LogP contribution in [0.15, 0.2) is 18.2 Å². The number of rotatable bonds is 5. The van der Waals surface area contributed by atoms with Gasteiger partial charge in [0.05, 0.1) is 30.6 Å². The minimum atomic E-state index is -0.184. The van der Waals surface area contributed by atoms with E-state index in [9.17, 15) is 0 Å². The maximum Gasteiger partial charge on any atom is 0.0726 e. The van der Waals surface area contributed by atoms with Crippen molar-refractivity contribution in [3.8, 4) is 0 Å². The molecule has 1 atom stereocenters. The van der Waals surface area contributed by atoms with Crippen LogP contribution in [0.2, 0.25) is 5.02 Å². The normalized spacial score (nSPS) is 12.5. The summed E-state index contributed by atoms with van der Waals surface area (Å²) < 4.78 is 4.94. The fourth-order valence-electron chi connectivity index (χ4n) is 1.21. The lowest BCUT2D eigenvalue weighted by atomic mass is 10.2. The van der Waals surface area contributed by atoms with E-state index in [-0.39, 0.29) is 12.6 Å². The van der Waals surface area contributed by atoms with E-state index in [0.29, 0.717) is 23.0 Å². The van der Waals surface area contributed by atoms with Crippen LogP contribution in [0.4, 0.5) is 11.4 Å². The average Bonchev–Trinajstić information content (AvgIpc) is 2.22. The molecule has 0 fully saturated rings. The number of aliphatic hydroxyl groups is 1. The van der Waals surface area contributed by atoms with Crippen molar-refractivity contribution in [3.63, 3.8) is 0 Å². The van der Waals surface area contributed by atoms with E-state index in [2.05, 4.69) is 5.32 Å². The van der Waals surface area contributed by atoms with Gasteiger partial charge < -0.3 is 20.9 Å². The largest absolute Gasteiger partial charge is 0.397 e. The second-order valence-corrected chi connectivity index (χ2v) is 3.65. The Morgan fingerprint density at radius 1 is 1.60 bits per heavy atom. The third-order valence-electron chi connectivity index (χ3n) is 1.96. The maximum absolute atomic E-state index is 9.06. The molecule has 0 amide bonds. The molecule has 1 rings (SSSR count). The van der Waals surface area contributed by atoms with Crippen molar-refractivity contribution < 1.29 is 9.84 Å². The highest BCUT2D eigenvalue weighted by Crippen LogP contribution is 2.23. The van der Waals surface area contributed by atoms with Gasteiger partial charge >= 0.3 is 0 Å². The predicted octanol–water partition coefficient (Wildman–Crippen LogP) is 1.34. The molecule has 0 aliphatic carbocycles. The molecule has 1 aromatic carbocycles. The van der Waals surface area contributed by atoms with E-state index in [4.69, 9.17) is 27.2 Å². The number of nitrogens with one attached hydrogen (secondary N) is 1. The Kier molecular flexibility index (Phi) is 4.68. The summed E-state index contributed by atoms with van der Waals surface area (Å²) in [5.41, 5.74) is 7.04. The van der Waals surface area contributed by atoms with Crippen LogP contribution in [0.25, 0.3) is 0 Å². The zero-order chi connectivity index (χ0) is 11.3. The molecule has 1 aromatic rings. The minimum Gasteiger partial charge on any atom is -0.397 e. The Morgan fingerprint density at radius 2 is 2.33 bits per heavy atom. The van der Waals surface area contributed by atoms with E-state index in [0.717, 1.165) is 0 Å². The Bertz CT molecular complexity index is 320. The molecule has 0 saturated heterocycles. The van der Waals surface area contributed by atoms with Crippen LogP contribution in [-0.4, -0.2) is 31.5 Å². The van der Waals surface area contributed by atoms with E-state index in [1.165, 1.54) is 0 Å². The van der Waals surface area contributed by atoms with Gasteiger partial charge in [-0.3, -0.25) is 0 Å². The summed E-state index contributed by atoms with van der Waals surface area (Å²) >= 11 is 5.83. The molecular formula is C10H15ClN2O2. The highest BCUT2D eigenvalue weighted by atomic mass is 35.5. The van der Waals surface area contributed by atoms with Gasteiger partial charge in [-0.15, -0.1) is 0 Å². The molecule has 0 bridgehead atoms. The topological polar surface area (TPSA) is 67.5 Å². The highest BCUT2D eigenvalue weighted by Gasteiger charge is 2.08. The molecule has 0 aliphatic rings. The van der Waals surface area contributed by atoms with Crippen LogP contribution >= 0.6 is 11.6 Å². The van der Waals surface area contributed by atoms with Gasteiger partial charge in [-0.2, -0.15) is 0 Å². The molecule has 4 nitrogen and oxygen atoms in total. The van der Waals surface area contributed by atoms with Crippen LogP contribution in [0.1, 0.15) is 0 Å². The van der Waals surface area contributed by atoms with Crippen molar-refractivity contribution in [1.82, 2.24) is 0 Å². The van der Waals surface area contributed by atoms with Crippen molar-refractivity contribution in [3.05, 3.63) is 23.2 Å². The Labute approximate surface area is 94.0 Å². The molecular weight excluding hydrogens is 216 g/mol. The Balaban J connectivity index is 2.73. The van der Waals surface area contributed by atoms with Gasteiger partial charge in [0.15, 0.2) is 0 Å². The zero-order valence-corrected chi connectivity index (χ0v) is 9.29. The minimum absolute atomic E-state index is 0.0280. The maximum atomic E-state index is 9.06. The second-order valence-electron chi connectivity index (χ2n) is 3.21. The summed E-state index contributed by atoms with van der Waals surface area (Å²) in [6.07, 6.45) is 0. The lowest BCUT2D eigenvalue weighted by Gasteiger charge is -2.18. The van der Waals surface area contributed by atoms with Gasteiger partial charge in [-0.25, -0.2) is 0 Å². The molecule has 5 heteroatoms. The van der Waals surface area contributed by atoms with Gasteiger partial charge in [-0.05, 0) is 18.2 Å². The van der Waals surface area contributed by atoms with Gasteiger partial charge in [0.1, 0.15) is 0 Å². The van der Waals surface area contributed by atoms with Crippen molar-refractivity contribution in [2.24, 2.45) is 0 Å². The van der Waals surface area contributed by atoms with Crippen LogP contribution in [0, 0.1) is 0 Å². The number of hydrogen-bond donors (Lipinski definition) is 3. The molecule has 0 radical (unpaired) electrons. The van der Waals surface area contributed by atoms with Gasteiger partial charge in [-0.1, -0.05) is 11.6 Å². The smallest absolute Gasteiger partial charge is 0.0726 e. The molecule has 84 valence electrons. The van der Waals surface area contributed by atoms with Crippen LogP contribution in [-0.2, 0) is 4.74 Å². The summed E-state index contributed by atoms with van der Waals surface area (Å²) in [6.45, 7) is 0.377. The zero-order valence-electron chi connectivity index (χ0n) is 8.53. The first-order valence-corrected chi connectivity index (χ1v) is 4.96. The SMILES string of the molecule is COCC(CO)Nc1cc(Cl)ccc1N. The summed E-state index contributed by atoms with van der Waals surface area (Å²) in [5.74, 6) is 0. The van der Waals surface area contributed by atoms with E-state index >= 15 is 0 Å². The summed E-state index contributed by atoms with van der Waals surface area (Å²) in [4.78, 5) is 0. The number of aliphatic hydroxyl groups excluding tert-OH is 1.